The SMILES string of the molecule is CN(C)C[C@H]1[C@@H]2CC[C@@]3(CN(C(=O)c4cc(C(F)(F)F)ccc4Cl)C[C@@H]13)O2. The van der Waals surface area contributed by atoms with Gasteiger partial charge in [-0.25, -0.2) is 0 Å². The van der Waals surface area contributed by atoms with Crippen LogP contribution in [0.3, 0.4) is 0 Å². The molecule has 1 amide bonds. The number of fused-ring (bicyclic) bond motifs is 1. The molecule has 3 aliphatic rings. The molecular formula is C19H22ClF3N2O2. The molecule has 3 aliphatic heterocycles. The molecule has 3 heterocycles. The van der Waals surface area contributed by atoms with Gasteiger partial charge in [0.25, 0.3) is 5.91 Å². The summed E-state index contributed by atoms with van der Waals surface area (Å²) in [5.41, 5.74) is -1.31. The Kier molecular flexibility index (Phi) is 4.48. The fourth-order valence-corrected chi connectivity index (χ4v) is 5.25. The molecule has 0 unspecified atom stereocenters. The largest absolute Gasteiger partial charge is 0.416 e. The molecule has 3 fully saturated rings. The predicted molar refractivity (Wildman–Crippen MR) is 94.7 cm³/mol. The highest BCUT2D eigenvalue weighted by Gasteiger charge is 2.63. The van der Waals surface area contributed by atoms with E-state index in [-0.39, 0.29) is 28.2 Å². The van der Waals surface area contributed by atoms with Gasteiger partial charge in [0.15, 0.2) is 0 Å². The van der Waals surface area contributed by atoms with Crippen LogP contribution in [0.2, 0.25) is 5.02 Å². The number of ether oxygens (including phenoxy) is 1. The summed E-state index contributed by atoms with van der Waals surface area (Å²) >= 11 is 6.06. The lowest BCUT2D eigenvalue weighted by Gasteiger charge is -2.30. The topological polar surface area (TPSA) is 32.8 Å². The first-order valence-corrected chi connectivity index (χ1v) is 9.47. The van der Waals surface area contributed by atoms with E-state index in [2.05, 4.69) is 4.90 Å². The van der Waals surface area contributed by atoms with Gasteiger partial charge in [0, 0.05) is 24.9 Å². The van der Waals surface area contributed by atoms with Crippen LogP contribution in [0.15, 0.2) is 18.2 Å². The number of amides is 1. The minimum absolute atomic E-state index is 0.0395. The van der Waals surface area contributed by atoms with Crippen LogP contribution in [-0.4, -0.2) is 61.1 Å². The maximum atomic E-state index is 13.0. The van der Waals surface area contributed by atoms with Crippen molar-refractivity contribution in [2.45, 2.75) is 30.7 Å². The van der Waals surface area contributed by atoms with Gasteiger partial charge in [0.05, 0.1) is 34.4 Å². The quantitative estimate of drug-likeness (QED) is 0.775. The van der Waals surface area contributed by atoms with Gasteiger partial charge >= 0.3 is 6.18 Å². The third kappa shape index (κ3) is 3.13. The summed E-state index contributed by atoms with van der Waals surface area (Å²) in [5.74, 6) is 0.0984. The molecule has 1 spiro atoms. The van der Waals surface area contributed by atoms with Crippen LogP contribution < -0.4 is 0 Å². The monoisotopic (exact) mass is 402 g/mol. The molecule has 0 aliphatic carbocycles. The fourth-order valence-electron chi connectivity index (χ4n) is 5.05. The first kappa shape index (κ1) is 19.0. The highest BCUT2D eigenvalue weighted by Crippen LogP contribution is 2.55. The van der Waals surface area contributed by atoms with Crippen LogP contribution in [0.5, 0.6) is 0 Å². The Balaban J connectivity index is 1.59. The van der Waals surface area contributed by atoms with Crippen LogP contribution in [0, 0.1) is 11.8 Å². The molecule has 0 aromatic heterocycles. The lowest BCUT2D eigenvalue weighted by molar-refractivity contribution is -0.137. The minimum Gasteiger partial charge on any atom is -0.369 e. The first-order valence-electron chi connectivity index (χ1n) is 9.09. The van der Waals surface area contributed by atoms with Crippen molar-refractivity contribution in [2.24, 2.45) is 11.8 Å². The maximum absolute atomic E-state index is 13.0. The summed E-state index contributed by atoms with van der Waals surface area (Å²) in [5, 5.41) is 0.0395. The van der Waals surface area contributed by atoms with Gasteiger partial charge in [-0.05, 0) is 45.1 Å². The normalized spacial score (nSPS) is 32.4. The van der Waals surface area contributed by atoms with Crippen molar-refractivity contribution in [3.8, 4) is 0 Å². The van der Waals surface area contributed by atoms with Gasteiger partial charge < -0.3 is 14.5 Å². The zero-order valence-corrected chi connectivity index (χ0v) is 16.0. The molecule has 4 rings (SSSR count). The Bertz CT molecular complexity index is 770. The van der Waals surface area contributed by atoms with Crippen molar-refractivity contribution in [3.63, 3.8) is 0 Å². The smallest absolute Gasteiger partial charge is 0.369 e. The number of hydrogen-bond donors (Lipinski definition) is 0. The molecule has 0 N–H and O–H groups in total. The molecule has 3 saturated heterocycles. The van der Waals surface area contributed by atoms with E-state index in [1.54, 1.807) is 4.90 Å². The highest BCUT2D eigenvalue weighted by atomic mass is 35.5. The van der Waals surface area contributed by atoms with E-state index in [1.165, 1.54) is 0 Å². The number of rotatable bonds is 3. The minimum atomic E-state index is -4.52. The van der Waals surface area contributed by atoms with E-state index in [9.17, 15) is 18.0 Å². The number of nitrogens with zero attached hydrogens (tertiary/aromatic N) is 2. The molecule has 0 saturated carbocycles. The second kappa shape index (κ2) is 6.36. The number of carbonyl (C=O) groups is 1. The molecule has 1 aromatic carbocycles. The lowest BCUT2D eigenvalue weighted by atomic mass is 9.73. The average Bonchev–Trinajstić information content (AvgIpc) is 3.23. The lowest BCUT2D eigenvalue weighted by Crippen LogP contribution is -2.40. The van der Waals surface area contributed by atoms with Crippen LogP contribution in [0.25, 0.3) is 0 Å². The van der Waals surface area contributed by atoms with Crippen LogP contribution in [-0.2, 0) is 10.9 Å². The molecule has 2 bridgehead atoms. The summed E-state index contributed by atoms with van der Waals surface area (Å²) in [6, 6.07) is 2.89. The second-order valence-corrected chi connectivity index (χ2v) is 8.58. The summed E-state index contributed by atoms with van der Waals surface area (Å²) in [4.78, 5) is 16.7. The number of carbonyl (C=O) groups excluding carboxylic acids is 1. The summed E-state index contributed by atoms with van der Waals surface area (Å²) in [6.07, 6.45) is -2.43. The third-order valence-electron chi connectivity index (χ3n) is 6.17. The van der Waals surface area contributed by atoms with Crippen molar-refractivity contribution in [1.82, 2.24) is 9.80 Å². The molecule has 148 valence electrons. The van der Waals surface area contributed by atoms with Gasteiger partial charge in [-0.15, -0.1) is 0 Å². The van der Waals surface area contributed by atoms with Crippen molar-refractivity contribution < 1.29 is 22.7 Å². The molecule has 27 heavy (non-hydrogen) atoms. The standard InChI is InChI=1S/C19H22ClF3N2O2/c1-24(2)8-13-14-9-25(10-18(14)6-5-16(13)27-18)17(26)12-7-11(19(21,22)23)3-4-15(12)20/h3-4,7,13-14,16H,5-6,8-10H2,1-2H3/t13-,14+,16+,18+/m1/s1. The van der Waals surface area contributed by atoms with E-state index in [0.717, 1.165) is 37.6 Å². The zero-order valence-electron chi connectivity index (χ0n) is 15.2. The molecule has 4 nitrogen and oxygen atoms in total. The Morgan fingerprint density at radius 2 is 2.15 bits per heavy atom. The summed E-state index contributed by atoms with van der Waals surface area (Å²) in [7, 11) is 4.03. The molecule has 1 aromatic rings. The fraction of sp³-hybridized carbons (Fsp3) is 0.632. The average molecular weight is 403 g/mol. The van der Waals surface area contributed by atoms with E-state index in [0.29, 0.717) is 19.0 Å². The van der Waals surface area contributed by atoms with Crippen molar-refractivity contribution in [2.75, 3.05) is 33.7 Å². The van der Waals surface area contributed by atoms with Gasteiger partial charge in [-0.2, -0.15) is 13.2 Å². The molecule has 8 heteroatoms. The van der Waals surface area contributed by atoms with Gasteiger partial charge in [0.1, 0.15) is 0 Å². The number of likely N-dealkylation sites (tertiary alicyclic amines) is 1. The van der Waals surface area contributed by atoms with E-state index >= 15 is 0 Å². The zero-order chi connectivity index (χ0) is 19.6. The molecule has 4 atom stereocenters. The van der Waals surface area contributed by atoms with E-state index in [4.69, 9.17) is 16.3 Å². The second-order valence-electron chi connectivity index (χ2n) is 8.17. The first-order chi connectivity index (χ1) is 12.6. The Morgan fingerprint density at radius 3 is 2.81 bits per heavy atom. The predicted octanol–water partition coefficient (Wildman–Crippen LogP) is 3.54. The Hall–Kier alpha value is -1.31. The van der Waals surface area contributed by atoms with E-state index in [1.807, 2.05) is 14.1 Å². The van der Waals surface area contributed by atoms with Gasteiger partial charge in [0.2, 0.25) is 0 Å². The van der Waals surface area contributed by atoms with Crippen LogP contribution in [0.1, 0.15) is 28.8 Å². The summed E-state index contributed by atoms with van der Waals surface area (Å²) in [6.45, 7) is 1.80. The Labute approximate surface area is 161 Å². The Morgan fingerprint density at radius 1 is 1.41 bits per heavy atom. The summed E-state index contributed by atoms with van der Waals surface area (Å²) < 4.78 is 45.4. The van der Waals surface area contributed by atoms with Crippen molar-refractivity contribution in [1.29, 1.82) is 0 Å². The van der Waals surface area contributed by atoms with Gasteiger partial charge in [-0.1, -0.05) is 11.6 Å². The van der Waals surface area contributed by atoms with Crippen LogP contribution >= 0.6 is 11.6 Å². The highest BCUT2D eigenvalue weighted by molar-refractivity contribution is 6.33. The number of halogens is 4. The molecular weight excluding hydrogens is 381 g/mol. The number of alkyl halides is 3. The third-order valence-corrected chi connectivity index (χ3v) is 6.50. The molecule has 0 radical (unpaired) electrons. The van der Waals surface area contributed by atoms with Crippen molar-refractivity contribution >= 4 is 17.5 Å². The van der Waals surface area contributed by atoms with Crippen LogP contribution in [0.4, 0.5) is 13.2 Å². The number of hydrogen-bond acceptors (Lipinski definition) is 3. The maximum Gasteiger partial charge on any atom is 0.416 e. The van der Waals surface area contributed by atoms with E-state index < -0.39 is 17.6 Å². The van der Waals surface area contributed by atoms with Crippen molar-refractivity contribution in [3.05, 3.63) is 34.3 Å². The van der Waals surface area contributed by atoms with Gasteiger partial charge in [-0.3, -0.25) is 4.79 Å². The number of benzene rings is 1.